The van der Waals surface area contributed by atoms with Gasteiger partial charge in [0, 0.05) is 25.1 Å². The number of carbonyl (C=O) groups is 3. The van der Waals surface area contributed by atoms with Gasteiger partial charge < -0.3 is 14.9 Å². The summed E-state index contributed by atoms with van der Waals surface area (Å²) in [6.45, 7) is 1.98. The number of carbonyl (C=O) groups excluding carboxylic acids is 2. The van der Waals surface area contributed by atoms with Crippen LogP contribution in [0.15, 0.2) is 78.9 Å². The number of amides is 2. The summed E-state index contributed by atoms with van der Waals surface area (Å²) in [6.07, 6.45) is 0.345. The highest BCUT2D eigenvalue weighted by Gasteiger charge is 2.37. The molecule has 1 heterocycles. The van der Waals surface area contributed by atoms with Gasteiger partial charge in [-0.3, -0.25) is 14.4 Å². The summed E-state index contributed by atoms with van der Waals surface area (Å²) in [7, 11) is 0. The second kappa shape index (κ2) is 9.69. The molecule has 6 nitrogen and oxygen atoms in total. The number of fused-ring (bicyclic) bond motifs is 1. The molecule has 0 aromatic heterocycles. The predicted molar refractivity (Wildman–Crippen MR) is 124 cm³/mol. The number of rotatable bonds is 6. The van der Waals surface area contributed by atoms with Crippen LogP contribution in [0.3, 0.4) is 0 Å². The van der Waals surface area contributed by atoms with E-state index in [0.717, 1.165) is 22.3 Å². The Bertz CT molecular complexity index is 1160. The van der Waals surface area contributed by atoms with Crippen LogP contribution in [0.1, 0.15) is 32.6 Å². The number of aliphatic carboxylic acids is 1. The molecule has 0 saturated carbocycles. The van der Waals surface area contributed by atoms with Crippen molar-refractivity contribution in [3.8, 4) is 0 Å². The summed E-state index contributed by atoms with van der Waals surface area (Å²) in [6, 6.07) is 23.5. The molecule has 1 N–H and O–H groups in total. The van der Waals surface area contributed by atoms with Crippen molar-refractivity contribution >= 4 is 17.8 Å². The van der Waals surface area contributed by atoms with Crippen LogP contribution < -0.4 is 0 Å². The van der Waals surface area contributed by atoms with Crippen molar-refractivity contribution in [2.45, 2.75) is 32.5 Å². The molecular weight excluding hydrogens is 416 g/mol. The Morgan fingerprint density at radius 3 is 2.21 bits per heavy atom. The number of hydrogen-bond donors (Lipinski definition) is 1. The fraction of sp³-hybridized carbons (Fsp3) is 0.222. The van der Waals surface area contributed by atoms with E-state index in [9.17, 15) is 19.5 Å². The molecule has 1 unspecified atom stereocenters. The number of nitrogens with zero attached hydrogens (tertiary/aromatic N) is 2. The second-order valence-corrected chi connectivity index (χ2v) is 8.36. The van der Waals surface area contributed by atoms with Gasteiger partial charge in [-0.05, 0) is 35.7 Å². The molecule has 0 spiro atoms. The zero-order valence-electron chi connectivity index (χ0n) is 18.5. The van der Waals surface area contributed by atoms with Gasteiger partial charge in [-0.1, -0.05) is 72.3 Å². The molecule has 0 radical (unpaired) electrons. The third-order valence-electron chi connectivity index (χ3n) is 5.95. The molecule has 0 aliphatic carbocycles. The lowest BCUT2D eigenvalue weighted by atomic mass is 9.92. The molecule has 1 aliphatic rings. The highest BCUT2D eigenvalue weighted by molar-refractivity contribution is 5.98. The van der Waals surface area contributed by atoms with Crippen LogP contribution in [-0.2, 0) is 29.1 Å². The Balaban J connectivity index is 1.68. The third-order valence-corrected chi connectivity index (χ3v) is 5.95. The molecule has 6 heteroatoms. The summed E-state index contributed by atoms with van der Waals surface area (Å²) in [5.41, 5.74) is 4.37. The van der Waals surface area contributed by atoms with Crippen molar-refractivity contribution in [2.24, 2.45) is 0 Å². The average Bonchev–Trinajstić information content (AvgIpc) is 2.83. The van der Waals surface area contributed by atoms with Crippen LogP contribution >= 0.6 is 0 Å². The van der Waals surface area contributed by atoms with E-state index in [2.05, 4.69) is 0 Å². The molecule has 0 fully saturated rings. The number of carboxylic acids is 1. The SMILES string of the molecule is Cc1ccc(C(=O)N2Cc3ccccc3CC2C(=O)N(CC(=O)O)Cc2ccccc2)cc1. The van der Waals surface area contributed by atoms with Crippen molar-refractivity contribution < 1.29 is 19.5 Å². The van der Waals surface area contributed by atoms with E-state index in [-0.39, 0.29) is 18.4 Å². The lowest BCUT2D eigenvalue weighted by Gasteiger charge is -2.38. The van der Waals surface area contributed by atoms with E-state index in [4.69, 9.17) is 0 Å². The molecular formula is C27H26N2O4. The summed E-state index contributed by atoms with van der Waals surface area (Å²) >= 11 is 0. The van der Waals surface area contributed by atoms with Gasteiger partial charge in [0.25, 0.3) is 5.91 Å². The van der Waals surface area contributed by atoms with Crippen LogP contribution in [0.4, 0.5) is 0 Å². The molecule has 0 bridgehead atoms. The first-order chi connectivity index (χ1) is 15.9. The standard InChI is InChI=1S/C27H26N2O4/c1-19-11-13-21(14-12-19)26(32)29-17-23-10-6-5-9-22(23)15-24(29)27(33)28(18-25(30)31)16-20-7-3-2-4-8-20/h2-14,24H,15-18H2,1H3,(H,30,31). The maximum absolute atomic E-state index is 13.7. The van der Waals surface area contributed by atoms with Crippen molar-refractivity contribution in [3.63, 3.8) is 0 Å². The number of aryl methyl sites for hydroxylation is 1. The molecule has 2 amide bonds. The van der Waals surface area contributed by atoms with Crippen molar-refractivity contribution in [2.75, 3.05) is 6.54 Å². The van der Waals surface area contributed by atoms with Gasteiger partial charge in [0.15, 0.2) is 0 Å². The van der Waals surface area contributed by atoms with Gasteiger partial charge in [0.2, 0.25) is 5.91 Å². The molecule has 1 aliphatic heterocycles. The van der Waals surface area contributed by atoms with Gasteiger partial charge in [-0.25, -0.2) is 0 Å². The molecule has 4 rings (SSSR count). The smallest absolute Gasteiger partial charge is 0.323 e. The number of benzene rings is 3. The van der Waals surface area contributed by atoms with Crippen molar-refractivity contribution in [1.29, 1.82) is 0 Å². The minimum Gasteiger partial charge on any atom is -0.480 e. The van der Waals surface area contributed by atoms with Crippen LogP contribution in [0.25, 0.3) is 0 Å². The van der Waals surface area contributed by atoms with E-state index in [1.54, 1.807) is 17.0 Å². The van der Waals surface area contributed by atoms with Gasteiger partial charge in [-0.2, -0.15) is 0 Å². The van der Waals surface area contributed by atoms with Gasteiger partial charge >= 0.3 is 5.97 Å². The normalized spacial score (nSPS) is 14.9. The van der Waals surface area contributed by atoms with E-state index in [0.29, 0.717) is 18.5 Å². The lowest BCUT2D eigenvalue weighted by molar-refractivity contribution is -0.147. The Labute approximate surface area is 193 Å². The van der Waals surface area contributed by atoms with E-state index in [1.807, 2.05) is 73.7 Å². The monoisotopic (exact) mass is 442 g/mol. The van der Waals surface area contributed by atoms with Crippen LogP contribution in [0.5, 0.6) is 0 Å². The van der Waals surface area contributed by atoms with Gasteiger partial charge in [0.1, 0.15) is 12.6 Å². The Hall–Kier alpha value is -3.93. The van der Waals surface area contributed by atoms with Crippen LogP contribution in [0, 0.1) is 6.92 Å². The predicted octanol–water partition coefficient (Wildman–Crippen LogP) is 3.68. The summed E-state index contributed by atoms with van der Waals surface area (Å²) in [4.78, 5) is 41.7. The Morgan fingerprint density at radius 1 is 0.909 bits per heavy atom. The average molecular weight is 443 g/mol. The molecule has 3 aromatic carbocycles. The van der Waals surface area contributed by atoms with Crippen LogP contribution in [0.2, 0.25) is 0 Å². The summed E-state index contributed by atoms with van der Waals surface area (Å²) in [5, 5.41) is 9.47. The van der Waals surface area contributed by atoms with Crippen molar-refractivity contribution in [1.82, 2.24) is 9.80 Å². The zero-order chi connectivity index (χ0) is 23.4. The highest BCUT2D eigenvalue weighted by Crippen LogP contribution is 2.27. The summed E-state index contributed by atoms with van der Waals surface area (Å²) < 4.78 is 0. The molecule has 3 aromatic rings. The largest absolute Gasteiger partial charge is 0.480 e. The van der Waals surface area contributed by atoms with Gasteiger partial charge in [0.05, 0.1) is 0 Å². The third kappa shape index (κ3) is 5.12. The van der Waals surface area contributed by atoms with Crippen molar-refractivity contribution in [3.05, 3.63) is 107 Å². The minimum absolute atomic E-state index is 0.163. The lowest BCUT2D eigenvalue weighted by Crippen LogP contribution is -2.54. The first kappa shape index (κ1) is 22.3. The first-order valence-corrected chi connectivity index (χ1v) is 10.9. The van der Waals surface area contributed by atoms with E-state index in [1.165, 1.54) is 4.90 Å². The number of carboxylic acid groups (broad SMARTS) is 1. The Morgan fingerprint density at radius 2 is 1.55 bits per heavy atom. The van der Waals surface area contributed by atoms with E-state index >= 15 is 0 Å². The maximum atomic E-state index is 13.7. The first-order valence-electron chi connectivity index (χ1n) is 10.9. The summed E-state index contributed by atoms with van der Waals surface area (Å²) in [5.74, 6) is -1.69. The molecule has 0 saturated heterocycles. The van der Waals surface area contributed by atoms with Crippen LogP contribution in [-0.4, -0.2) is 45.3 Å². The molecule has 33 heavy (non-hydrogen) atoms. The fourth-order valence-electron chi connectivity index (χ4n) is 4.21. The highest BCUT2D eigenvalue weighted by atomic mass is 16.4. The molecule has 1 atom stereocenters. The fourth-order valence-corrected chi connectivity index (χ4v) is 4.21. The molecule has 168 valence electrons. The topological polar surface area (TPSA) is 77.9 Å². The van der Waals surface area contributed by atoms with Gasteiger partial charge in [-0.15, -0.1) is 0 Å². The Kier molecular flexibility index (Phi) is 6.54. The zero-order valence-corrected chi connectivity index (χ0v) is 18.5. The quantitative estimate of drug-likeness (QED) is 0.632. The maximum Gasteiger partial charge on any atom is 0.323 e. The van der Waals surface area contributed by atoms with E-state index < -0.39 is 18.6 Å². The number of hydrogen-bond acceptors (Lipinski definition) is 3. The minimum atomic E-state index is -1.09. The second-order valence-electron chi connectivity index (χ2n) is 8.36.